The van der Waals surface area contributed by atoms with Gasteiger partial charge in [-0.1, -0.05) is 240 Å². The predicted molar refractivity (Wildman–Crippen MR) is 257 cm³/mol. The Labute approximate surface area is 373 Å². The molecule has 350 valence electrons. The second-order valence-electron chi connectivity index (χ2n) is 19.3. The Balaban J connectivity index is 0. The van der Waals surface area contributed by atoms with E-state index in [-0.39, 0.29) is 24.5 Å². The molecule has 0 heterocycles. The summed E-state index contributed by atoms with van der Waals surface area (Å²) in [6.07, 6.45) is 60.1. The standard InChI is InChI=1S/C54H110NO2.ClH/c1-6-10-13-16-19-21-23-25-27-29-31-35-40-45-50-55(5,51-46-41-36-32-30-28-26-24-22-20-17-14-11-7-2)52-47-42-37-33-34-38-43-48-53(9-4)57-54(56)49-44-39-18-15-12-8-3;/h53H,6-52H2,1-5H3;1H/q+1;/p-1. The highest BCUT2D eigenvalue weighted by atomic mass is 35.5. The number of rotatable bonds is 49. The van der Waals surface area contributed by atoms with Gasteiger partial charge in [0.15, 0.2) is 0 Å². The Hall–Kier alpha value is -0.280. The molecule has 0 saturated heterocycles. The van der Waals surface area contributed by atoms with Crippen molar-refractivity contribution in [3.05, 3.63) is 0 Å². The van der Waals surface area contributed by atoms with Crippen molar-refractivity contribution in [1.82, 2.24) is 0 Å². The SMILES string of the molecule is CCCCCCCCCCCCCCCC[N+](C)(CCCCCCCCCCCCCCCC)CCCCCCCCCC(CC)OC(=O)CCCCCCCC.[Cl-]. The highest BCUT2D eigenvalue weighted by Crippen LogP contribution is 2.20. The Morgan fingerprint density at radius 2 is 0.603 bits per heavy atom. The van der Waals surface area contributed by atoms with E-state index in [0.29, 0.717) is 6.42 Å². The lowest BCUT2D eigenvalue weighted by Gasteiger charge is -2.35. The van der Waals surface area contributed by atoms with Crippen LogP contribution < -0.4 is 12.4 Å². The van der Waals surface area contributed by atoms with Crippen LogP contribution in [0.5, 0.6) is 0 Å². The van der Waals surface area contributed by atoms with Gasteiger partial charge >= 0.3 is 5.97 Å². The van der Waals surface area contributed by atoms with Gasteiger partial charge in [0.1, 0.15) is 6.10 Å². The largest absolute Gasteiger partial charge is 1.00 e. The summed E-state index contributed by atoms with van der Waals surface area (Å²) in [5.74, 6) is 0.0384. The van der Waals surface area contributed by atoms with Gasteiger partial charge in [-0.25, -0.2) is 0 Å². The molecular weight excluding hydrogens is 730 g/mol. The topological polar surface area (TPSA) is 26.3 Å². The van der Waals surface area contributed by atoms with Crippen LogP contribution in [-0.4, -0.2) is 43.2 Å². The first-order valence-corrected chi connectivity index (χ1v) is 27.0. The zero-order valence-corrected chi connectivity index (χ0v) is 41.7. The molecule has 1 unspecified atom stereocenters. The minimum Gasteiger partial charge on any atom is -1.00 e. The molecule has 58 heavy (non-hydrogen) atoms. The van der Waals surface area contributed by atoms with Gasteiger partial charge in [0.25, 0.3) is 0 Å². The van der Waals surface area contributed by atoms with Crippen molar-refractivity contribution in [1.29, 1.82) is 0 Å². The number of hydrogen-bond acceptors (Lipinski definition) is 2. The van der Waals surface area contributed by atoms with Crippen molar-refractivity contribution in [2.45, 2.75) is 316 Å². The van der Waals surface area contributed by atoms with Gasteiger partial charge in [-0.2, -0.15) is 0 Å². The van der Waals surface area contributed by atoms with E-state index < -0.39 is 0 Å². The van der Waals surface area contributed by atoms with Crippen LogP contribution >= 0.6 is 0 Å². The molecule has 0 fully saturated rings. The highest BCUT2D eigenvalue weighted by molar-refractivity contribution is 5.69. The van der Waals surface area contributed by atoms with E-state index in [1.807, 2.05) is 0 Å². The first kappa shape index (κ1) is 59.8. The van der Waals surface area contributed by atoms with Crippen molar-refractivity contribution >= 4 is 5.97 Å². The van der Waals surface area contributed by atoms with Gasteiger partial charge in [-0.3, -0.25) is 4.79 Å². The van der Waals surface area contributed by atoms with Crippen LogP contribution in [0.15, 0.2) is 0 Å². The number of esters is 1. The molecule has 0 aromatic carbocycles. The summed E-state index contributed by atoms with van der Waals surface area (Å²) in [6, 6.07) is 0. The van der Waals surface area contributed by atoms with Crippen LogP contribution in [0, 0.1) is 0 Å². The fourth-order valence-electron chi connectivity index (χ4n) is 9.10. The maximum Gasteiger partial charge on any atom is 0.306 e. The number of unbranched alkanes of at least 4 members (excludes halogenated alkanes) is 37. The second-order valence-corrected chi connectivity index (χ2v) is 19.3. The first-order valence-electron chi connectivity index (χ1n) is 27.0. The summed E-state index contributed by atoms with van der Waals surface area (Å²) < 4.78 is 7.16. The van der Waals surface area contributed by atoms with Crippen molar-refractivity contribution in [3.8, 4) is 0 Å². The van der Waals surface area contributed by atoms with E-state index in [4.69, 9.17) is 4.74 Å². The Morgan fingerprint density at radius 3 is 0.879 bits per heavy atom. The first-order chi connectivity index (χ1) is 28.0. The van der Waals surface area contributed by atoms with Crippen LogP contribution in [0.4, 0.5) is 0 Å². The summed E-state index contributed by atoms with van der Waals surface area (Å²) in [7, 11) is 2.61. The number of carbonyl (C=O) groups is 1. The molecule has 0 amide bonds. The molecule has 0 radical (unpaired) electrons. The molecule has 0 aliphatic rings. The molecule has 0 aromatic heterocycles. The monoisotopic (exact) mass is 840 g/mol. The Bertz CT molecular complexity index is 742. The average Bonchev–Trinajstić information content (AvgIpc) is 3.21. The quantitative estimate of drug-likeness (QED) is 0.0347. The number of hydrogen-bond donors (Lipinski definition) is 0. The van der Waals surface area contributed by atoms with Gasteiger partial charge in [-0.15, -0.1) is 0 Å². The number of quaternary nitrogens is 1. The smallest absolute Gasteiger partial charge is 0.306 e. The maximum absolute atomic E-state index is 12.3. The van der Waals surface area contributed by atoms with E-state index in [9.17, 15) is 4.79 Å². The average molecular weight is 841 g/mol. The third kappa shape index (κ3) is 45.3. The molecule has 4 heteroatoms. The van der Waals surface area contributed by atoms with Gasteiger partial charge < -0.3 is 21.6 Å². The lowest BCUT2D eigenvalue weighted by atomic mass is 10.0. The summed E-state index contributed by atoms with van der Waals surface area (Å²) in [5.41, 5.74) is 0. The molecule has 0 N–H and O–H groups in total. The van der Waals surface area contributed by atoms with Gasteiger partial charge in [0.2, 0.25) is 0 Å². The maximum atomic E-state index is 12.3. The molecular formula is C54H110ClNO2. The van der Waals surface area contributed by atoms with Crippen LogP contribution in [-0.2, 0) is 9.53 Å². The minimum absolute atomic E-state index is 0. The summed E-state index contributed by atoms with van der Waals surface area (Å²) in [4.78, 5) is 12.3. The van der Waals surface area contributed by atoms with E-state index in [1.165, 1.54) is 281 Å². The second kappa shape index (κ2) is 49.4. The van der Waals surface area contributed by atoms with E-state index in [0.717, 1.165) is 19.3 Å². The molecule has 0 saturated carbocycles. The van der Waals surface area contributed by atoms with E-state index in [1.54, 1.807) is 0 Å². The van der Waals surface area contributed by atoms with Crippen LogP contribution in [0.1, 0.15) is 310 Å². The van der Waals surface area contributed by atoms with Crippen molar-refractivity contribution < 1.29 is 26.4 Å². The van der Waals surface area contributed by atoms with Gasteiger partial charge in [-0.05, 0) is 64.2 Å². The fraction of sp³-hybridized carbons (Fsp3) is 0.981. The lowest BCUT2D eigenvalue weighted by Crippen LogP contribution is -3.00. The van der Waals surface area contributed by atoms with Crippen molar-refractivity contribution in [3.63, 3.8) is 0 Å². The number of halogens is 1. The third-order valence-electron chi connectivity index (χ3n) is 13.3. The third-order valence-corrected chi connectivity index (χ3v) is 13.3. The zero-order valence-electron chi connectivity index (χ0n) is 41.0. The number of carbonyl (C=O) groups excluding carboxylic acids is 1. The molecule has 0 aliphatic heterocycles. The van der Waals surface area contributed by atoms with Crippen molar-refractivity contribution in [2.24, 2.45) is 0 Å². The zero-order chi connectivity index (χ0) is 41.6. The minimum atomic E-state index is 0. The molecule has 3 nitrogen and oxygen atoms in total. The fourth-order valence-corrected chi connectivity index (χ4v) is 9.10. The van der Waals surface area contributed by atoms with Crippen LogP contribution in [0.25, 0.3) is 0 Å². The lowest BCUT2D eigenvalue weighted by molar-refractivity contribution is -0.910. The normalized spacial score (nSPS) is 12.2. The number of ether oxygens (including phenoxy) is 1. The van der Waals surface area contributed by atoms with E-state index in [2.05, 4.69) is 34.7 Å². The van der Waals surface area contributed by atoms with Crippen LogP contribution in [0.3, 0.4) is 0 Å². The van der Waals surface area contributed by atoms with Crippen molar-refractivity contribution in [2.75, 3.05) is 26.7 Å². The number of nitrogens with zero attached hydrogens (tertiary/aromatic N) is 1. The Kier molecular flexibility index (Phi) is 50.9. The molecule has 0 bridgehead atoms. The Morgan fingerprint density at radius 1 is 0.362 bits per heavy atom. The molecule has 0 spiro atoms. The van der Waals surface area contributed by atoms with Gasteiger partial charge in [0.05, 0.1) is 26.7 Å². The molecule has 0 rings (SSSR count). The summed E-state index contributed by atoms with van der Waals surface area (Å²) in [5, 5.41) is 0. The molecule has 0 aromatic rings. The molecule has 1 atom stereocenters. The highest BCUT2D eigenvalue weighted by Gasteiger charge is 2.20. The van der Waals surface area contributed by atoms with Gasteiger partial charge in [0, 0.05) is 6.42 Å². The molecule has 0 aliphatic carbocycles. The summed E-state index contributed by atoms with van der Waals surface area (Å²) in [6.45, 7) is 13.2. The van der Waals surface area contributed by atoms with E-state index >= 15 is 0 Å². The van der Waals surface area contributed by atoms with Crippen LogP contribution in [0.2, 0.25) is 0 Å². The predicted octanol–water partition coefficient (Wildman–Crippen LogP) is 15.6. The summed E-state index contributed by atoms with van der Waals surface area (Å²) >= 11 is 0.